The molecule has 2 nitrogen and oxygen atoms in total. The molecule has 2 heteroatoms. The first-order valence-electron chi connectivity index (χ1n) is 15.5. The van der Waals surface area contributed by atoms with E-state index >= 15 is 0 Å². The van der Waals surface area contributed by atoms with Gasteiger partial charge in [0.2, 0.25) is 0 Å². The maximum atomic E-state index is 5.49. The second kappa shape index (κ2) is 16.8. The molecule has 0 saturated carbocycles. The zero-order valence-electron chi connectivity index (χ0n) is 26.4. The van der Waals surface area contributed by atoms with E-state index in [4.69, 9.17) is 4.74 Å². The molecule has 5 rings (SSSR count). The number of hydrogen-bond acceptors (Lipinski definition) is 2. The van der Waals surface area contributed by atoms with Gasteiger partial charge in [-0.1, -0.05) is 158 Å². The SMILES string of the molecule is COc1ccc(N(c2ccc(/C=C/C=C/C=C/c3ccccc3)cc2)c2ccc(/C=C/C=C/C=C/c3ccccc3)cc2)c(C)c1. The summed E-state index contributed by atoms with van der Waals surface area (Å²) in [6, 6.07) is 44.1. The third-order valence-electron chi connectivity index (χ3n) is 7.37. The van der Waals surface area contributed by atoms with Gasteiger partial charge in [0.05, 0.1) is 7.11 Å². The first-order chi connectivity index (χ1) is 22.7. The highest BCUT2D eigenvalue weighted by molar-refractivity contribution is 5.79. The number of anilines is 3. The van der Waals surface area contributed by atoms with Crippen molar-refractivity contribution in [1.82, 2.24) is 0 Å². The minimum Gasteiger partial charge on any atom is -0.497 e. The summed E-state index contributed by atoms with van der Waals surface area (Å²) in [5.74, 6) is 0.848. The average Bonchev–Trinajstić information content (AvgIpc) is 3.10. The molecule has 0 aliphatic carbocycles. The Bertz CT molecular complexity index is 1730. The molecule has 0 spiro atoms. The first-order valence-corrected chi connectivity index (χ1v) is 15.5. The summed E-state index contributed by atoms with van der Waals surface area (Å²) in [6.45, 7) is 2.12. The lowest BCUT2D eigenvalue weighted by atomic mass is 10.1. The molecule has 0 aromatic heterocycles. The lowest BCUT2D eigenvalue weighted by Crippen LogP contribution is -2.11. The minimum atomic E-state index is 0.848. The number of nitrogens with zero attached hydrogens (tertiary/aromatic N) is 1. The van der Waals surface area contributed by atoms with E-state index in [1.54, 1.807) is 7.11 Å². The number of methoxy groups -OCH3 is 1. The van der Waals surface area contributed by atoms with Crippen molar-refractivity contribution in [2.45, 2.75) is 6.92 Å². The lowest BCUT2D eigenvalue weighted by molar-refractivity contribution is 0.414. The highest BCUT2D eigenvalue weighted by atomic mass is 16.5. The van der Waals surface area contributed by atoms with Gasteiger partial charge in [0.1, 0.15) is 5.75 Å². The third-order valence-corrected chi connectivity index (χ3v) is 7.37. The summed E-state index contributed by atoms with van der Waals surface area (Å²) >= 11 is 0. The van der Waals surface area contributed by atoms with Gasteiger partial charge >= 0.3 is 0 Å². The second-order valence-corrected chi connectivity index (χ2v) is 10.7. The maximum Gasteiger partial charge on any atom is 0.119 e. The first kappa shape index (κ1) is 31.6. The molecule has 226 valence electrons. The predicted molar refractivity (Wildman–Crippen MR) is 200 cm³/mol. The number of hydrogen-bond donors (Lipinski definition) is 0. The van der Waals surface area contributed by atoms with Crippen molar-refractivity contribution in [2.24, 2.45) is 0 Å². The molecule has 0 fully saturated rings. The van der Waals surface area contributed by atoms with Crippen LogP contribution in [0.15, 0.2) is 176 Å². The van der Waals surface area contributed by atoms with Gasteiger partial charge in [-0.2, -0.15) is 0 Å². The molecule has 46 heavy (non-hydrogen) atoms. The molecule has 0 amide bonds. The monoisotopic (exact) mass is 597 g/mol. The van der Waals surface area contributed by atoms with E-state index in [1.807, 2.05) is 66.8 Å². The molecule has 5 aromatic rings. The average molecular weight is 598 g/mol. The van der Waals surface area contributed by atoms with Gasteiger partial charge in [-0.05, 0) is 77.2 Å². The summed E-state index contributed by atoms with van der Waals surface area (Å²) in [6.07, 6.45) is 24.9. The molecule has 0 saturated heterocycles. The van der Waals surface area contributed by atoms with Gasteiger partial charge in [-0.25, -0.2) is 0 Å². The smallest absolute Gasteiger partial charge is 0.119 e. The van der Waals surface area contributed by atoms with Crippen LogP contribution in [0.2, 0.25) is 0 Å². The quantitative estimate of drug-likeness (QED) is 0.133. The zero-order valence-corrected chi connectivity index (χ0v) is 26.4. The summed E-state index contributed by atoms with van der Waals surface area (Å²) in [4.78, 5) is 2.29. The van der Waals surface area contributed by atoms with Crippen LogP contribution in [0.4, 0.5) is 17.1 Å². The Hall–Kier alpha value is -5.86. The van der Waals surface area contributed by atoms with E-state index < -0.39 is 0 Å². The van der Waals surface area contributed by atoms with Crippen molar-refractivity contribution in [1.29, 1.82) is 0 Å². The number of aryl methyl sites for hydroxylation is 1. The van der Waals surface area contributed by atoms with Gasteiger partial charge in [0, 0.05) is 17.1 Å². The van der Waals surface area contributed by atoms with Crippen LogP contribution in [-0.2, 0) is 0 Å². The van der Waals surface area contributed by atoms with Crippen LogP contribution in [0, 0.1) is 6.92 Å². The maximum absolute atomic E-state index is 5.49. The van der Waals surface area contributed by atoms with Crippen molar-refractivity contribution < 1.29 is 4.74 Å². The molecule has 0 aliphatic heterocycles. The Morgan fingerprint density at radius 2 is 0.826 bits per heavy atom. The van der Waals surface area contributed by atoms with Crippen molar-refractivity contribution in [2.75, 3.05) is 12.0 Å². The molecular formula is C44H39NO. The summed E-state index contributed by atoms with van der Waals surface area (Å²) in [7, 11) is 1.70. The topological polar surface area (TPSA) is 12.5 Å². The summed E-state index contributed by atoms with van der Waals surface area (Å²) in [5.41, 5.74) is 9.07. The van der Waals surface area contributed by atoms with E-state index in [9.17, 15) is 0 Å². The van der Waals surface area contributed by atoms with Gasteiger partial charge in [0.25, 0.3) is 0 Å². The normalized spacial score (nSPS) is 12.0. The van der Waals surface area contributed by atoms with Crippen LogP contribution in [0.25, 0.3) is 24.3 Å². The van der Waals surface area contributed by atoms with Crippen molar-refractivity contribution in [3.05, 3.63) is 204 Å². The van der Waals surface area contributed by atoms with Gasteiger partial charge in [0.15, 0.2) is 0 Å². The van der Waals surface area contributed by atoms with E-state index in [-0.39, 0.29) is 0 Å². The van der Waals surface area contributed by atoms with Crippen LogP contribution < -0.4 is 9.64 Å². The van der Waals surface area contributed by atoms with Crippen molar-refractivity contribution >= 4 is 41.4 Å². The molecule has 0 unspecified atom stereocenters. The lowest BCUT2D eigenvalue weighted by Gasteiger charge is -2.27. The fourth-order valence-electron chi connectivity index (χ4n) is 4.95. The molecule has 5 aromatic carbocycles. The van der Waals surface area contributed by atoms with Crippen LogP contribution in [0.3, 0.4) is 0 Å². The fourth-order valence-corrected chi connectivity index (χ4v) is 4.95. The Labute approximate surface area is 274 Å². The van der Waals surface area contributed by atoms with Crippen LogP contribution in [-0.4, -0.2) is 7.11 Å². The summed E-state index contributed by atoms with van der Waals surface area (Å²) in [5, 5.41) is 0. The second-order valence-electron chi connectivity index (χ2n) is 10.7. The number of rotatable bonds is 12. The van der Waals surface area contributed by atoms with E-state index in [0.717, 1.165) is 39.5 Å². The predicted octanol–water partition coefficient (Wildman–Crippen LogP) is 12.0. The van der Waals surface area contributed by atoms with E-state index in [1.165, 1.54) is 11.1 Å². The Kier molecular flexibility index (Phi) is 11.6. The Balaban J connectivity index is 1.30. The third kappa shape index (κ3) is 9.32. The molecule has 0 radical (unpaired) electrons. The Morgan fingerprint density at radius 3 is 1.20 bits per heavy atom. The Morgan fingerprint density at radius 1 is 0.435 bits per heavy atom. The number of allylic oxidation sites excluding steroid dienone is 8. The highest BCUT2D eigenvalue weighted by Gasteiger charge is 2.15. The molecule has 0 aliphatic rings. The van der Waals surface area contributed by atoms with Gasteiger partial charge in [-0.15, -0.1) is 0 Å². The molecular weight excluding hydrogens is 558 g/mol. The van der Waals surface area contributed by atoms with Gasteiger partial charge < -0.3 is 9.64 Å². The number of benzene rings is 5. The largest absolute Gasteiger partial charge is 0.497 e. The van der Waals surface area contributed by atoms with E-state index in [0.29, 0.717) is 0 Å². The van der Waals surface area contributed by atoms with Crippen LogP contribution in [0.1, 0.15) is 27.8 Å². The van der Waals surface area contributed by atoms with E-state index in [2.05, 4.69) is 145 Å². The molecule has 0 atom stereocenters. The molecule has 0 N–H and O–H groups in total. The number of ether oxygens (including phenoxy) is 1. The van der Waals surface area contributed by atoms with Crippen LogP contribution in [0.5, 0.6) is 5.75 Å². The van der Waals surface area contributed by atoms with Crippen molar-refractivity contribution in [3.63, 3.8) is 0 Å². The van der Waals surface area contributed by atoms with Gasteiger partial charge in [-0.3, -0.25) is 0 Å². The standard InChI is InChI=1S/C44H39NO/c1-36-35-43(46-2)33-34-44(36)45(41-29-25-39(26-30-41)23-11-5-3-9-17-37-19-13-7-14-20-37)42-31-27-40(28-32-42)24-12-6-4-10-18-38-21-15-8-16-22-38/h3-35H,1-2H3/b5-3+,6-4+,17-9+,18-10+,23-11+,24-12+. The minimum absolute atomic E-state index is 0.848. The van der Waals surface area contributed by atoms with Crippen LogP contribution >= 0.6 is 0 Å². The van der Waals surface area contributed by atoms with Crippen molar-refractivity contribution in [3.8, 4) is 5.75 Å². The summed E-state index contributed by atoms with van der Waals surface area (Å²) < 4.78 is 5.49. The highest BCUT2D eigenvalue weighted by Crippen LogP contribution is 2.38. The zero-order chi connectivity index (χ0) is 31.8. The molecule has 0 heterocycles. The fraction of sp³-hybridized carbons (Fsp3) is 0.0455. The molecule has 0 bridgehead atoms.